The van der Waals surface area contributed by atoms with Gasteiger partial charge in [0, 0.05) is 5.02 Å². The van der Waals surface area contributed by atoms with Gasteiger partial charge in [-0.2, -0.15) is 0 Å². The lowest BCUT2D eigenvalue weighted by atomic mass is 9.90. The van der Waals surface area contributed by atoms with Crippen molar-refractivity contribution in [3.8, 4) is 5.75 Å². The number of hydrogen-bond donors (Lipinski definition) is 6. The molecular formula is C23H27ClO9. The average molecular weight is 483 g/mol. The van der Waals surface area contributed by atoms with Gasteiger partial charge in [-0.1, -0.05) is 35.9 Å². The molecule has 0 aromatic heterocycles. The minimum absolute atomic E-state index is 0.321. The fourth-order valence-corrected chi connectivity index (χ4v) is 3.91. The molecule has 10 heteroatoms. The van der Waals surface area contributed by atoms with E-state index in [2.05, 4.69) is 0 Å². The number of aliphatic hydroxyl groups excluding tert-OH is 5. The van der Waals surface area contributed by atoms with Gasteiger partial charge in [0.05, 0.1) is 19.6 Å². The number of ether oxygens (including phenoxy) is 2. The lowest BCUT2D eigenvalue weighted by Crippen LogP contribution is -2.55. The van der Waals surface area contributed by atoms with Crippen molar-refractivity contribution >= 4 is 17.6 Å². The molecule has 6 N–H and O–H groups in total. The molecule has 2 aromatic rings. The maximum Gasteiger partial charge on any atom is 0.307 e. The van der Waals surface area contributed by atoms with Crippen LogP contribution in [0.2, 0.25) is 5.02 Å². The van der Waals surface area contributed by atoms with Gasteiger partial charge >= 0.3 is 5.97 Å². The Kier molecular flexibility index (Phi) is 8.66. The van der Waals surface area contributed by atoms with Gasteiger partial charge in [0.1, 0.15) is 42.4 Å². The first-order chi connectivity index (χ1) is 15.7. The molecule has 9 nitrogen and oxygen atoms in total. The number of aliphatic hydroxyl groups is 5. The summed E-state index contributed by atoms with van der Waals surface area (Å²) in [4.78, 5) is 10.8. The molecule has 1 saturated heterocycles. The standard InChI is InChI=1S/C23H27ClO9/c24-17-6-3-13(23-22(31)21(30)20(29)18(11-26)33-23)8-14(17)7-12-1-4-15(5-2-12)32-16(10-25)9-19(27)28/h1-6,8,16,18,20-23,25-26,29-31H,7,9-11H2,(H,27,28)/t16-,18+,20+,21-,22+,23-/m0/s1. The van der Waals surface area contributed by atoms with Crippen LogP contribution in [0.1, 0.15) is 29.2 Å². The Morgan fingerprint density at radius 1 is 1.03 bits per heavy atom. The molecule has 0 amide bonds. The molecule has 0 radical (unpaired) electrons. The monoisotopic (exact) mass is 482 g/mol. The predicted octanol–water partition coefficient (Wildman–Crippen LogP) is 0.660. The zero-order chi connectivity index (χ0) is 24.1. The molecule has 6 atom stereocenters. The first-order valence-corrected chi connectivity index (χ1v) is 10.8. The van der Waals surface area contributed by atoms with Gasteiger partial charge in [0.2, 0.25) is 0 Å². The quantitative estimate of drug-likeness (QED) is 0.302. The largest absolute Gasteiger partial charge is 0.487 e. The van der Waals surface area contributed by atoms with Crippen LogP contribution in [-0.2, 0) is 16.0 Å². The van der Waals surface area contributed by atoms with E-state index in [0.29, 0.717) is 22.8 Å². The van der Waals surface area contributed by atoms with Crippen LogP contribution in [0.5, 0.6) is 5.75 Å². The number of aliphatic carboxylic acids is 1. The van der Waals surface area contributed by atoms with Crippen molar-refractivity contribution in [3.63, 3.8) is 0 Å². The second-order valence-corrected chi connectivity index (χ2v) is 8.35. The van der Waals surface area contributed by atoms with Gasteiger partial charge in [0.15, 0.2) is 0 Å². The van der Waals surface area contributed by atoms with Gasteiger partial charge in [-0.15, -0.1) is 0 Å². The highest BCUT2D eigenvalue weighted by molar-refractivity contribution is 6.31. The molecule has 0 unspecified atom stereocenters. The van der Waals surface area contributed by atoms with Crippen molar-refractivity contribution in [2.75, 3.05) is 13.2 Å². The van der Waals surface area contributed by atoms with Gasteiger partial charge in [-0.05, 0) is 41.3 Å². The summed E-state index contributed by atoms with van der Waals surface area (Å²) in [7, 11) is 0. The van der Waals surface area contributed by atoms with E-state index < -0.39 is 55.8 Å². The van der Waals surface area contributed by atoms with E-state index in [-0.39, 0.29) is 6.42 Å². The van der Waals surface area contributed by atoms with E-state index in [1.54, 1.807) is 42.5 Å². The van der Waals surface area contributed by atoms with Gasteiger partial charge in [-0.25, -0.2) is 0 Å². The van der Waals surface area contributed by atoms with E-state index >= 15 is 0 Å². The van der Waals surface area contributed by atoms with Crippen LogP contribution in [0.25, 0.3) is 0 Å². The smallest absolute Gasteiger partial charge is 0.307 e. The summed E-state index contributed by atoms with van der Waals surface area (Å²) in [6.07, 6.45) is -7.02. The van der Waals surface area contributed by atoms with E-state index in [4.69, 9.17) is 26.2 Å². The maximum absolute atomic E-state index is 10.8. The normalized spacial score (nSPS) is 26.1. The zero-order valence-electron chi connectivity index (χ0n) is 17.6. The van der Waals surface area contributed by atoms with E-state index in [9.17, 15) is 30.3 Å². The van der Waals surface area contributed by atoms with Crippen molar-refractivity contribution in [2.24, 2.45) is 0 Å². The summed E-state index contributed by atoms with van der Waals surface area (Å²) in [5, 5.41) is 58.4. The van der Waals surface area contributed by atoms with E-state index in [0.717, 1.165) is 11.1 Å². The fourth-order valence-electron chi connectivity index (χ4n) is 3.72. The summed E-state index contributed by atoms with van der Waals surface area (Å²) in [5.74, 6) is -0.653. The van der Waals surface area contributed by atoms with E-state index in [1.807, 2.05) is 0 Å². The number of hydrogen-bond acceptors (Lipinski definition) is 8. The first-order valence-electron chi connectivity index (χ1n) is 10.4. The number of carboxylic acids is 1. The highest BCUT2D eigenvalue weighted by Crippen LogP contribution is 2.34. The second kappa shape index (κ2) is 11.3. The molecule has 1 fully saturated rings. The van der Waals surface area contributed by atoms with Crippen LogP contribution in [0.4, 0.5) is 0 Å². The Morgan fingerprint density at radius 3 is 2.33 bits per heavy atom. The number of benzene rings is 2. The lowest BCUT2D eigenvalue weighted by molar-refractivity contribution is -0.231. The third-order valence-electron chi connectivity index (χ3n) is 5.52. The Labute approximate surface area is 195 Å². The molecular weight excluding hydrogens is 456 g/mol. The Morgan fingerprint density at radius 2 is 1.73 bits per heavy atom. The molecule has 1 aliphatic rings. The van der Waals surface area contributed by atoms with Crippen molar-refractivity contribution in [1.82, 2.24) is 0 Å². The Hall–Kier alpha value is -2.24. The highest BCUT2D eigenvalue weighted by atomic mass is 35.5. The summed E-state index contributed by atoms with van der Waals surface area (Å²) in [5.41, 5.74) is 2.12. The van der Waals surface area contributed by atoms with Crippen LogP contribution in [0.3, 0.4) is 0 Å². The van der Waals surface area contributed by atoms with Crippen LogP contribution >= 0.6 is 11.6 Å². The molecule has 0 spiro atoms. The maximum atomic E-state index is 10.8. The molecule has 180 valence electrons. The Balaban J connectivity index is 1.74. The van der Waals surface area contributed by atoms with Crippen molar-refractivity contribution in [1.29, 1.82) is 0 Å². The summed E-state index contributed by atoms with van der Waals surface area (Å²) in [6.45, 7) is -0.936. The van der Waals surface area contributed by atoms with Crippen LogP contribution < -0.4 is 4.74 Å². The van der Waals surface area contributed by atoms with E-state index in [1.165, 1.54) is 0 Å². The number of rotatable bonds is 9. The molecule has 1 aliphatic heterocycles. The summed E-state index contributed by atoms with van der Waals surface area (Å²) in [6, 6.07) is 11.9. The first kappa shape index (κ1) is 25.4. The molecule has 0 saturated carbocycles. The predicted molar refractivity (Wildman–Crippen MR) is 117 cm³/mol. The average Bonchev–Trinajstić information content (AvgIpc) is 2.80. The number of carboxylic acid groups (broad SMARTS) is 1. The SMILES string of the molecule is O=C(O)C[C@@H](CO)Oc1ccc(Cc2cc([C@@H]3O[C@H](CO)[C@@H](O)[C@H](O)[C@H]3O)ccc2Cl)cc1. The minimum atomic E-state index is -1.48. The van der Waals surface area contributed by atoms with Crippen LogP contribution in [0, 0.1) is 0 Å². The molecule has 2 aromatic carbocycles. The fraction of sp³-hybridized carbons (Fsp3) is 0.435. The van der Waals surface area contributed by atoms with Crippen molar-refractivity contribution < 1.29 is 44.9 Å². The Bertz CT molecular complexity index is 934. The third kappa shape index (κ3) is 6.21. The minimum Gasteiger partial charge on any atom is -0.487 e. The molecule has 33 heavy (non-hydrogen) atoms. The van der Waals surface area contributed by atoms with Gasteiger partial charge in [-0.3, -0.25) is 4.79 Å². The molecule has 0 aliphatic carbocycles. The van der Waals surface area contributed by atoms with Crippen LogP contribution in [0.15, 0.2) is 42.5 Å². The second-order valence-electron chi connectivity index (χ2n) is 7.94. The summed E-state index contributed by atoms with van der Waals surface area (Å²) >= 11 is 6.36. The van der Waals surface area contributed by atoms with Crippen molar-refractivity contribution in [2.45, 2.75) is 49.5 Å². The van der Waals surface area contributed by atoms with Crippen LogP contribution in [-0.4, -0.2) is 80.3 Å². The molecule has 1 heterocycles. The van der Waals surface area contributed by atoms with Crippen molar-refractivity contribution in [3.05, 3.63) is 64.2 Å². The highest BCUT2D eigenvalue weighted by Gasteiger charge is 2.44. The topological polar surface area (TPSA) is 157 Å². The third-order valence-corrected chi connectivity index (χ3v) is 5.89. The van der Waals surface area contributed by atoms with Gasteiger partial charge in [0.25, 0.3) is 0 Å². The lowest BCUT2D eigenvalue weighted by Gasteiger charge is -2.40. The zero-order valence-corrected chi connectivity index (χ0v) is 18.4. The number of halogens is 1. The van der Waals surface area contributed by atoms with Gasteiger partial charge < -0.3 is 40.1 Å². The molecule has 3 rings (SSSR count). The summed E-state index contributed by atoms with van der Waals surface area (Å²) < 4.78 is 11.1. The number of carbonyl (C=O) groups is 1. The molecule has 0 bridgehead atoms.